The van der Waals surface area contributed by atoms with E-state index in [0.717, 1.165) is 0 Å². The molecule has 5 rings (SSSR count). The number of carbonyl (C=O) groups excluding carboxylic acids is 1. The molecule has 0 N–H and O–H groups in total. The van der Waals surface area contributed by atoms with E-state index in [2.05, 4.69) is 15.9 Å². The summed E-state index contributed by atoms with van der Waals surface area (Å²) in [5.41, 5.74) is 1.35. The topological polar surface area (TPSA) is 93.7 Å². The van der Waals surface area contributed by atoms with Crippen molar-refractivity contribution in [3.8, 4) is 0 Å². The fraction of sp³-hybridized carbons (Fsp3) is 0.0833. The summed E-state index contributed by atoms with van der Waals surface area (Å²) in [6, 6.07) is 17.1. The van der Waals surface area contributed by atoms with Crippen molar-refractivity contribution in [1.29, 1.82) is 0 Å². The van der Waals surface area contributed by atoms with Crippen molar-refractivity contribution in [3.63, 3.8) is 0 Å². The Morgan fingerprint density at radius 2 is 1.79 bits per heavy atom. The molecule has 0 fully saturated rings. The van der Waals surface area contributed by atoms with E-state index < -0.39 is 16.9 Å². The van der Waals surface area contributed by atoms with Crippen molar-refractivity contribution in [3.05, 3.63) is 119 Å². The minimum Gasteiger partial charge on any atom is -0.450 e. The molecule has 0 aliphatic carbocycles. The molecule has 0 saturated carbocycles. The molecule has 1 atom stereocenters. The molecule has 7 nitrogen and oxygen atoms in total. The van der Waals surface area contributed by atoms with Gasteiger partial charge in [0.05, 0.1) is 21.9 Å². The van der Waals surface area contributed by atoms with Gasteiger partial charge in [0.25, 0.3) is 11.6 Å². The number of nitro benzene ring substituents is 1. The van der Waals surface area contributed by atoms with Gasteiger partial charge in [0.1, 0.15) is 5.58 Å². The lowest BCUT2D eigenvalue weighted by Crippen LogP contribution is -2.29. The highest BCUT2D eigenvalue weighted by molar-refractivity contribution is 9.10. The number of fused-ring (bicyclic) bond motifs is 2. The van der Waals surface area contributed by atoms with Gasteiger partial charge in [0.2, 0.25) is 5.76 Å². The van der Waals surface area contributed by atoms with E-state index in [0.29, 0.717) is 31.6 Å². The first-order valence-corrected chi connectivity index (χ1v) is 11.1. The smallest absolute Gasteiger partial charge is 0.291 e. The van der Waals surface area contributed by atoms with Crippen LogP contribution < -0.4 is 5.43 Å². The summed E-state index contributed by atoms with van der Waals surface area (Å²) < 4.78 is 6.61. The molecule has 1 aliphatic rings. The van der Waals surface area contributed by atoms with Crippen LogP contribution in [0.25, 0.3) is 11.0 Å². The van der Waals surface area contributed by atoms with Crippen LogP contribution in [0.3, 0.4) is 0 Å². The second-order valence-corrected chi connectivity index (χ2v) is 8.91. The molecular formula is C24H14BrClN2O5. The third-order valence-corrected chi connectivity index (χ3v) is 6.51. The minimum atomic E-state index is -0.788. The van der Waals surface area contributed by atoms with E-state index in [1.807, 2.05) is 6.07 Å². The molecule has 1 aromatic heterocycles. The Kier molecular flexibility index (Phi) is 5.26. The second kappa shape index (κ2) is 8.13. The maximum absolute atomic E-state index is 13.5. The van der Waals surface area contributed by atoms with Gasteiger partial charge < -0.3 is 9.32 Å². The van der Waals surface area contributed by atoms with Crippen molar-refractivity contribution in [2.45, 2.75) is 12.6 Å². The number of benzene rings is 3. The quantitative estimate of drug-likeness (QED) is 0.246. The summed E-state index contributed by atoms with van der Waals surface area (Å²) in [5.74, 6) is -0.486. The van der Waals surface area contributed by atoms with E-state index in [1.54, 1.807) is 48.5 Å². The van der Waals surface area contributed by atoms with Crippen LogP contribution in [-0.4, -0.2) is 15.7 Å². The Morgan fingerprint density at radius 3 is 2.48 bits per heavy atom. The third-order valence-electron chi connectivity index (χ3n) is 5.65. The molecule has 0 saturated heterocycles. The van der Waals surface area contributed by atoms with Crippen LogP contribution in [0.15, 0.2) is 80.4 Å². The fourth-order valence-electron chi connectivity index (χ4n) is 4.09. The van der Waals surface area contributed by atoms with E-state index in [4.69, 9.17) is 16.0 Å². The number of nitro groups is 1. The monoisotopic (exact) mass is 524 g/mol. The molecule has 0 radical (unpaired) electrons. The van der Waals surface area contributed by atoms with Gasteiger partial charge in [-0.1, -0.05) is 45.7 Å². The summed E-state index contributed by atoms with van der Waals surface area (Å²) in [6.07, 6.45) is 0. The Morgan fingerprint density at radius 1 is 1.06 bits per heavy atom. The number of halogens is 2. The van der Waals surface area contributed by atoms with Crippen LogP contribution in [0.2, 0.25) is 5.02 Å². The zero-order chi connectivity index (χ0) is 23.3. The van der Waals surface area contributed by atoms with Gasteiger partial charge in [-0.3, -0.25) is 19.7 Å². The highest BCUT2D eigenvalue weighted by Gasteiger charge is 2.43. The Labute approximate surface area is 200 Å². The van der Waals surface area contributed by atoms with Crippen molar-refractivity contribution >= 4 is 50.1 Å². The molecule has 33 heavy (non-hydrogen) atoms. The average molecular weight is 526 g/mol. The van der Waals surface area contributed by atoms with Crippen LogP contribution in [-0.2, 0) is 6.54 Å². The van der Waals surface area contributed by atoms with Crippen LogP contribution >= 0.6 is 27.5 Å². The van der Waals surface area contributed by atoms with Crippen molar-refractivity contribution in [2.75, 3.05) is 0 Å². The van der Waals surface area contributed by atoms with Gasteiger partial charge in [-0.05, 0) is 47.5 Å². The van der Waals surface area contributed by atoms with Crippen LogP contribution in [0.5, 0.6) is 0 Å². The number of non-ortho nitro benzene ring substituents is 1. The lowest BCUT2D eigenvalue weighted by molar-refractivity contribution is -0.384. The lowest BCUT2D eigenvalue weighted by atomic mass is 9.98. The van der Waals surface area contributed by atoms with Crippen LogP contribution in [0.4, 0.5) is 5.69 Å². The summed E-state index contributed by atoms with van der Waals surface area (Å²) in [6.45, 7) is 0.129. The Bertz CT molecular complexity index is 1500. The van der Waals surface area contributed by atoms with Gasteiger partial charge in [-0.2, -0.15) is 0 Å². The predicted octanol–water partition coefficient (Wildman–Crippen LogP) is 5.86. The molecule has 3 aromatic carbocycles. The highest BCUT2D eigenvalue weighted by Crippen LogP contribution is 2.40. The molecule has 164 valence electrons. The Hall–Kier alpha value is -3.49. The molecule has 0 spiro atoms. The van der Waals surface area contributed by atoms with Gasteiger partial charge in [0, 0.05) is 28.2 Å². The SMILES string of the molecule is O=C1c2oc3ccc(Br)cc3c(=O)c2[C@H](c2ccc([N+](=O)[O-])cc2)N1Cc1ccccc1Cl. The molecule has 1 amide bonds. The standard InChI is InChI=1S/C24H14BrClN2O5/c25-15-7-10-19-17(11-15)22(29)20-21(13-5-8-16(9-6-13)28(31)32)27(24(30)23(20)33-19)12-14-3-1-2-4-18(14)26/h1-11,21H,12H2/t21-/m0/s1. The zero-order valence-corrected chi connectivity index (χ0v) is 19.2. The van der Waals surface area contributed by atoms with Crippen LogP contribution in [0, 0.1) is 10.1 Å². The zero-order valence-electron chi connectivity index (χ0n) is 16.8. The number of nitrogens with zero attached hydrogens (tertiary/aromatic N) is 2. The van der Waals surface area contributed by atoms with Gasteiger partial charge in [-0.15, -0.1) is 0 Å². The average Bonchev–Trinajstić information content (AvgIpc) is 3.08. The van der Waals surface area contributed by atoms with Crippen LogP contribution in [0.1, 0.15) is 33.3 Å². The van der Waals surface area contributed by atoms with Crippen molar-refractivity contribution in [1.82, 2.24) is 4.90 Å². The summed E-state index contributed by atoms with van der Waals surface area (Å²) in [4.78, 5) is 39.1. The number of hydrogen-bond donors (Lipinski definition) is 0. The number of hydrogen-bond acceptors (Lipinski definition) is 5. The molecule has 0 bridgehead atoms. The summed E-state index contributed by atoms with van der Waals surface area (Å²) in [5, 5.41) is 11.9. The minimum absolute atomic E-state index is 0.0368. The predicted molar refractivity (Wildman–Crippen MR) is 126 cm³/mol. The molecule has 1 aliphatic heterocycles. The Balaban J connectivity index is 1.72. The number of carbonyl (C=O) groups is 1. The first-order chi connectivity index (χ1) is 15.8. The number of amides is 1. The molecular weight excluding hydrogens is 512 g/mol. The summed E-state index contributed by atoms with van der Waals surface area (Å²) >= 11 is 9.71. The number of rotatable bonds is 4. The first kappa shape index (κ1) is 21.4. The fourth-order valence-corrected chi connectivity index (χ4v) is 4.65. The van der Waals surface area contributed by atoms with Crippen molar-refractivity contribution < 1.29 is 14.1 Å². The summed E-state index contributed by atoms with van der Waals surface area (Å²) in [7, 11) is 0. The second-order valence-electron chi connectivity index (χ2n) is 7.59. The maximum atomic E-state index is 13.5. The molecule has 0 unspecified atom stereocenters. The molecule has 9 heteroatoms. The first-order valence-electron chi connectivity index (χ1n) is 9.90. The molecule has 2 heterocycles. The van der Waals surface area contributed by atoms with Gasteiger partial charge in [-0.25, -0.2) is 0 Å². The third kappa shape index (κ3) is 3.61. The highest BCUT2D eigenvalue weighted by atomic mass is 79.9. The largest absolute Gasteiger partial charge is 0.450 e. The normalized spacial score (nSPS) is 15.2. The van der Waals surface area contributed by atoms with E-state index in [1.165, 1.54) is 17.0 Å². The van der Waals surface area contributed by atoms with E-state index >= 15 is 0 Å². The van der Waals surface area contributed by atoms with E-state index in [9.17, 15) is 19.7 Å². The van der Waals surface area contributed by atoms with Crippen molar-refractivity contribution in [2.24, 2.45) is 0 Å². The van der Waals surface area contributed by atoms with E-state index in [-0.39, 0.29) is 29.0 Å². The molecule has 4 aromatic rings. The maximum Gasteiger partial charge on any atom is 0.291 e. The lowest BCUT2D eigenvalue weighted by Gasteiger charge is -2.25. The van der Waals surface area contributed by atoms with Gasteiger partial charge in [0.15, 0.2) is 5.43 Å². The van der Waals surface area contributed by atoms with Gasteiger partial charge >= 0.3 is 0 Å².